The van der Waals surface area contributed by atoms with E-state index < -0.39 is 0 Å². The largest absolute Gasteiger partial charge is 0.423 e. The van der Waals surface area contributed by atoms with Gasteiger partial charge in [-0.15, -0.1) is 11.3 Å². The molecule has 0 fully saturated rings. The van der Waals surface area contributed by atoms with Crippen molar-refractivity contribution in [1.29, 1.82) is 0 Å². The van der Waals surface area contributed by atoms with Gasteiger partial charge >= 0.3 is 0 Å². The molecule has 0 aliphatic rings. The molecule has 0 spiro atoms. The predicted octanol–water partition coefficient (Wildman–Crippen LogP) is 2.75. The first-order chi connectivity index (χ1) is 5.75. The molecular weight excluding hydrogens is 240 g/mol. The Kier molecular flexibility index (Phi) is 1.90. The fourth-order valence-electron chi connectivity index (χ4n) is 0.848. The van der Waals surface area contributed by atoms with E-state index in [-0.39, 0.29) is 6.01 Å². The zero-order chi connectivity index (χ0) is 8.55. The molecule has 3 nitrogen and oxygen atoms in total. The Morgan fingerprint density at radius 2 is 2.33 bits per heavy atom. The molecule has 5 heteroatoms. The Hall–Kier alpha value is -0.810. The highest BCUT2D eigenvalue weighted by molar-refractivity contribution is 9.11. The number of nitrogens with two attached hydrogens (primary N) is 1. The summed E-state index contributed by atoms with van der Waals surface area (Å²) in [6.07, 6.45) is 1.62. The zero-order valence-corrected chi connectivity index (χ0v) is 8.35. The Morgan fingerprint density at radius 1 is 1.50 bits per heavy atom. The highest BCUT2D eigenvalue weighted by atomic mass is 79.9. The minimum absolute atomic E-state index is 0.203. The second-order valence-corrected chi connectivity index (χ2v) is 4.63. The van der Waals surface area contributed by atoms with Crippen LogP contribution in [-0.4, -0.2) is 4.98 Å². The number of thiophene rings is 1. The van der Waals surface area contributed by atoms with E-state index >= 15 is 0 Å². The van der Waals surface area contributed by atoms with Crippen molar-refractivity contribution in [2.45, 2.75) is 0 Å². The first-order valence-electron chi connectivity index (χ1n) is 3.23. The van der Waals surface area contributed by atoms with Crippen LogP contribution in [0.4, 0.5) is 6.01 Å². The summed E-state index contributed by atoms with van der Waals surface area (Å²) >= 11 is 4.94. The molecule has 0 atom stereocenters. The lowest BCUT2D eigenvalue weighted by Crippen LogP contribution is -1.79. The molecular formula is C7H5BrN2OS. The SMILES string of the molecule is Nc1ncc(-c2ccc(Br)s2)o1. The molecule has 0 aliphatic heterocycles. The zero-order valence-electron chi connectivity index (χ0n) is 5.95. The van der Waals surface area contributed by atoms with E-state index in [0.717, 1.165) is 8.66 Å². The third kappa shape index (κ3) is 1.37. The molecule has 2 heterocycles. The maximum atomic E-state index is 5.34. The maximum absolute atomic E-state index is 5.34. The fraction of sp³-hybridized carbons (Fsp3) is 0. The van der Waals surface area contributed by atoms with Crippen molar-refractivity contribution in [2.75, 3.05) is 5.73 Å². The summed E-state index contributed by atoms with van der Waals surface area (Å²) in [7, 11) is 0. The number of hydrogen-bond donors (Lipinski definition) is 1. The summed E-state index contributed by atoms with van der Waals surface area (Å²) in [6, 6.07) is 4.11. The van der Waals surface area contributed by atoms with Crippen LogP contribution in [0.2, 0.25) is 0 Å². The van der Waals surface area contributed by atoms with Crippen LogP contribution in [0, 0.1) is 0 Å². The van der Waals surface area contributed by atoms with Gasteiger partial charge in [0.25, 0.3) is 6.01 Å². The van der Waals surface area contributed by atoms with E-state index in [2.05, 4.69) is 20.9 Å². The third-order valence-corrected chi connectivity index (χ3v) is 2.98. The van der Waals surface area contributed by atoms with Crippen molar-refractivity contribution in [3.05, 3.63) is 22.1 Å². The van der Waals surface area contributed by atoms with Gasteiger partial charge in [-0.2, -0.15) is 0 Å². The Morgan fingerprint density at radius 3 is 2.83 bits per heavy atom. The van der Waals surface area contributed by atoms with Crippen LogP contribution >= 0.6 is 27.3 Å². The monoisotopic (exact) mass is 244 g/mol. The molecule has 2 aromatic rings. The second kappa shape index (κ2) is 2.91. The van der Waals surface area contributed by atoms with Crippen LogP contribution in [0.25, 0.3) is 10.6 Å². The van der Waals surface area contributed by atoms with Crippen LogP contribution in [-0.2, 0) is 0 Å². The maximum Gasteiger partial charge on any atom is 0.292 e. The molecule has 0 aliphatic carbocycles. The highest BCUT2D eigenvalue weighted by Gasteiger charge is 2.05. The van der Waals surface area contributed by atoms with Crippen LogP contribution < -0.4 is 5.73 Å². The van der Waals surface area contributed by atoms with Gasteiger partial charge in [-0.3, -0.25) is 0 Å². The van der Waals surface area contributed by atoms with Gasteiger partial charge in [-0.1, -0.05) is 0 Å². The summed E-state index contributed by atoms with van der Waals surface area (Å²) in [6.45, 7) is 0. The van der Waals surface area contributed by atoms with E-state index in [4.69, 9.17) is 10.2 Å². The molecule has 2 aromatic heterocycles. The molecule has 0 unspecified atom stereocenters. The Balaban J connectivity index is 2.43. The minimum Gasteiger partial charge on any atom is -0.423 e. The van der Waals surface area contributed by atoms with Gasteiger partial charge in [0.15, 0.2) is 5.76 Å². The second-order valence-electron chi connectivity index (χ2n) is 2.17. The molecule has 0 aromatic carbocycles. The number of rotatable bonds is 1. The van der Waals surface area contributed by atoms with E-state index in [1.165, 1.54) is 0 Å². The van der Waals surface area contributed by atoms with Gasteiger partial charge < -0.3 is 10.2 Å². The Labute approximate surface area is 81.4 Å². The van der Waals surface area contributed by atoms with Crippen molar-refractivity contribution in [2.24, 2.45) is 0 Å². The number of nitrogens with zero attached hydrogens (tertiary/aromatic N) is 1. The molecule has 12 heavy (non-hydrogen) atoms. The molecule has 0 radical (unpaired) electrons. The summed E-state index contributed by atoms with van der Waals surface area (Å²) in [5, 5.41) is 0. The summed E-state index contributed by atoms with van der Waals surface area (Å²) in [5.41, 5.74) is 5.34. The molecule has 62 valence electrons. The normalized spacial score (nSPS) is 10.4. The number of nitrogen functional groups attached to an aromatic ring is 1. The van der Waals surface area contributed by atoms with Gasteiger partial charge in [0.1, 0.15) is 0 Å². The summed E-state index contributed by atoms with van der Waals surface area (Å²) < 4.78 is 6.20. The Bertz CT molecular complexity index is 357. The van der Waals surface area contributed by atoms with E-state index in [1.807, 2.05) is 12.1 Å². The van der Waals surface area contributed by atoms with Crippen LogP contribution in [0.3, 0.4) is 0 Å². The lowest BCUT2D eigenvalue weighted by molar-refractivity contribution is 0.596. The molecule has 0 amide bonds. The number of anilines is 1. The quantitative estimate of drug-likeness (QED) is 0.840. The van der Waals surface area contributed by atoms with Crippen molar-refractivity contribution in [3.8, 4) is 10.6 Å². The van der Waals surface area contributed by atoms with Crippen molar-refractivity contribution >= 4 is 33.3 Å². The standard InChI is InChI=1S/C7H5BrN2OS/c8-6-2-1-5(12-6)4-3-10-7(9)11-4/h1-3H,(H2,9,10). The average Bonchev–Trinajstić information content (AvgIpc) is 2.58. The van der Waals surface area contributed by atoms with Crippen molar-refractivity contribution in [1.82, 2.24) is 4.98 Å². The molecule has 0 saturated heterocycles. The summed E-state index contributed by atoms with van der Waals surface area (Å²) in [4.78, 5) is 4.82. The van der Waals surface area contributed by atoms with Crippen LogP contribution in [0.5, 0.6) is 0 Å². The van der Waals surface area contributed by atoms with Gasteiger partial charge in [-0.25, -0.2) is 4.98 Å². The van der Waals surface area contributed by atoms with Crippen molar-refractivity contribution in [3.63, 3.8) is 0 Å². The van der Waals surface area contributed by atoms with Crippen molar-refractivity contribution < 1.29 is 4.42 Å². The van der Waals surface area contributed by atoms with Gasteiger partial charge in [0, 0.05) is 0 Å². The fourth-order valence-corrected chi connectivity index (χ4v) is 2.18. The van der Waals surface area contributed by atoms with Crippen LogP contribution in [0.15, 0.2) is 26.5 Å². The average molecular weight is 245 g/mol. The molecule has 0 bridgehead atoms. The summed E-state index contributed by atoms with van der Waals surface area (Å²) in [5.74, 6) is 0.711. The van der Waals surface area contributed by atoms with Gasteiger partial charge in [-0.05, 0) is 28.1 Å². The topological polar surface area (TPSA) is 52.0 Å². The highest BCUT2D eigenvalue weighted by Crippen LogP contribution is 2.31. The first-order valence-corrected chi connectivity index (χ1v) is 4.83. The van der Waals surface area contributed by atoms with Gasteiger partial charge in [0.05, 0.1) is 14.9 Å². The smallest absolute Gasteiger partial charge is 0.292 e. The van der Waals surface area contributed by atoms with E-state index in [9.17, 15) is 0 Å². The molecule has 0 saturated carbocycles. The number of halogens is 1. The van der Waals surface area contributed by atoms with Gasteiger partial charge in [0.2, 0.25) is 0 Å². The van der Waals surface area contributed by atoms with E-state index in [0.29, 0.717) is 5.76 Å². The lowest BCUT2D eigenvalue weighted by atomic mass is 10.4. The lowest BCUT2D eigenvalue weighted by Gasteiger charge is -1.85. The number of oxazole rings is 1. The van der Waals surface area contributed by atoms with E-state index in [1.54, 1.807) is 17.5 Å². The molecule has 2 N–H and O–H groups in total. The van der Waals surface area contributed by atoms with Crippen LogP contribution in [0.1, 0.15) is 0 Å². The predicted molar refractivity (Wildman–Crippen MR) is 51.9 cm³/mol. The number of hydrogen-bond acceptors (Lipinski definition) is 4. The third-order valence-electron chi connectivity index (χ3n) is 1.34. The molecule has 2 rings (SSSR count). The minimum atomic E-state index is 0.203. The number of aromatic nitrogens is 1. The first kappa shape index (κ1) is 7.82.